The number of hydrogen-bond donors (Lipinski definition) is 1. The smallest absolute Gasteiger partial charge is 0.293 e. The normalized spacial score (nSPS) is 15.0. The van der Waals surface area contributed by atoms with E-state index in [4.69, 9.17) is 21.1 Å². The molecular weight excluding hydrogens is 436 g/mol. The maximum atomic E-state index is 12.6. The molecular formula is C19H15ClN2O7S. The van der Waals surface area contributed by atoms with Crippen LogP contribution >= 0.6 is 23.4 Å². The lowest BCUT2D eigenvalue weighted by atomic mass is 10.1. The van der Waals surface area contributed by atoms with Gasteiger partial charge in [0.1, 0.15) is 12.4 Å². The number of nitro benzene ring substituents is 1. The topological polar surface area (TPSA) is 119 Å². The van der Waals surface area contributed by atoms with E-state index in [1.54, 1.807) is 24.3 Å². The molecule has 1 saturated heterocycles. The van der Waals surface area contributed by atoms with E-state index in [1.165, 1.54) is 13.2 Å². The van der Waals surface area contributed by atoms with Crippen LogP contribution in [0.25, 0.3) is 6.08 Å². The zero-order valence-corrected chi connectivity index (χ0v) is 17.1. The lowest BCUT2D eigenvalue weighted by Gasteiger charge is -2.13. The fourth-order valence-corrected chi connectivity index (χ4v) is 3.67. The number of ether oxygens (including phenoxy) is 2. The number of carbonyl (C=O) groups is 2. The second-order valence-electron chi connectivity index (χ2n) is 5.96. The highest BCUT2D eigenvalue weighted by Gasteiger charge is 2.35. The minimum atomic E-state index is -0.656. The maximum absolute atomic E-state index is 12.6. The van der Waals surface area contributed by atoms with Gasteiger partial charge in [0.25, 0.3) is 16.8 Å². The summed E-state index contributed by atoms with van der Waals surface area (Å²) in [6.45, 7) is 0.0163. The number of nitrogens with zero attached hydrogens (tertiary/aromatic N) is 2. The van der Waals surface area contributed by atoms with E-state index < -0.39 is 16.1 Å². The third kappa shape index (κ3) is 4.50. The minimum absolute atomic E-state index is 0.00981. The van der Waals surface area contributed by atoms with Crippen molar-refractivity contribution in [1.82, 2.24) is 4.90 Å². The van der Waals surface area contributed by atoms with Crippen LogP contribution in [0.15, 0.2) is 41.3 Å². The summed E-state index contributed by atoms with van der Waals surface area (Å²) in [6, 6.07) is 8.95. The molecule has 1 heterocycles. The van der Waals surface area contributed by atoms with Crippen LogP contribution in [0.3, 0.4) is 0 Å². The molecule has 2 amide bonds. The average Bonchev–Trinajstić information content (AvgIpc) is 2.98. The number of hydrogen-bond acceptors (Lipinski definition) is 8. The highest BCUT2D eigenvalue weighted by Crippen LogP contribution is 2.39. The van der Waals surface area contributed by atoms with Crippen LogP contribution in [0.4, 0.5) is 10.5 Å². The van der Waals surface area contributed by atoms with Gasteiger partial charge in [0, 0.05) is 11.6 Å². The Bertz CT molecular complexity index is 1060. The van der Waals surface area contributed by atoms with Crippen LogP contribution in [0.5, 0.6) is 17.2 Å². The highest BCUT2D eigenvalue weighted by molar-refractivity contribution is 8.18. The lowest BCUT2D eigenvalue weighted by molar-refractivity contribution is -0.385. The van der Waals surface area contributed by atoms with E-state index in [0.29, 0.717) is 22.5 Å². The number of phenols is 1. The molecule has 3 rings (SSSR count). The van der Waals surface area contributed by atoms with E-state index in [-0.39, 0.29) is 40.8 Å². The molecule has 0 radical (unpaired) electrons. The number of halogens is 1. The van der Waals surface area contributed by atoms with Crippen LogP contribution in [-0.2, 0) is 4.79 Å². The number of rotatable bonds is 7. The Kier molecular flexibility index (Phi) is 6.48. The molecule has 0 atom stereocenters. The predicted molar refractivity (Wildman–Crippen MR) is 111 cm³/mol. The average molecular weight is 451 g/mol. The Balaban J connectivity index is 1.77. The van der Waals surface area contributed by atoms with E-state index in [2.05, 4.69) is 0 Å². The standard InChI is InChI=1S/C19H15ClN2O7S/c1-28-15-10-12(22(26)27)8-11(17(15)23)9-16-18(24)21(19(25)30-16)6-7-29-14-5-3-2-4-13(14)20/h2-5,8-10,23H,6-7H2,1H3/b16-9-. The highest BCUT2D eigenvalue weighted by atomic mass is 35.5. The second kappa shape index (κ2) is 9.06. The van der Waals surface area contributed by atoms with E-state index in [1.807, 2.05) is 0 Å². The first kappa shape index (κ1) is 21.5. The molecule has 0 bridgehead atoms. The van der Waals surface area contributed by atoms with Crippen molar-refractivity contribution < 1.29 is 29.1 Å². The first-order valence-electron chi connectivity index (χ1n) is 8.50. The van der Waals surface area contributed by atoms with Crippen LogP contribution in [0.1, 0.15) is 5.56 Å². The number of methoxy groups -OCH3 is 1. The van der Waals surface area contributed by atoms with Crippen LogP contribution in [-0.4, -0.2) is 46.3 Å². The van der Waals surface area contributed by atoms with Crippen molar-refractivity contribution in [2.75, 3.05) is 20.3 Å². The molecule has 1 fully saturated rings. The number of benzene rings is 2. The number of aromatic hydroxyl groups is 1. The summed E-state index contributed by atoms with van der Waals surface area (Å²) >= 11 is 6.65. The molecule has 1 aliphatic rings. The summed E-state index contributed by atoms with van der Waals surface area (Å²) in [6.07, 6.45) is 1.21. The molecule has 1 N–H and O–H groups in total. The molecule has 156 valence electrons. The molecule has 0 unspecified atom stereocenters. The summed E-state index contributed by atoms with van der Waals surface area (Å²) in [4.78, 5) is 36.3. The number of thioether (sulfide) groups is 1. The molecule has 0 saturated carbocycles. The van der Waals surface area contributed by atoms with Crippen LogP contribution in [0, 0.1) is 10.1 Å². The van der Waals surface area contributed by atoms with Gasteiger partial charge >= 0.3 is 0 Å². The molecule has 2 aromatic carbocycles. The molecule has 0 aliphatic carbocycles. The van der Waals surface area contributed by atoms with Crippen molar-refractivity contribution in [1.29, 1.82) is 0 Å². The summed E-state index contributed by atoms with van der Waals surface area (Å²) in [5.74, 6) is -0.673. The van der Waals surface area contributed by atoms with Crippen molar-refractivity contribution in [3.05, 3.63) is 62.0 Å². The first-order chi connectivity index (χ1) is 14.3. The SMILES string of the molecule is COc1cc([N+](=O)[O-])cc(/C=C2\SC(=O)N(CCOc3ccccc3Cl)C2=O)c1O. The molecule has 30 heavy (non-hydrogen) atoms. The van der Waals surface area contributed by atoms with Gasteiger partial charge in [-0.2, -0.15) is 0 Å². The fourth-order valence-electron chi connectivity index (χ4n) is 2.63. The lowest BCUT2D eigenvalue weighted by Crippen LogP contribution is -2.32. The second-order valence-corrected chi connectivity index (χ2v) is 7.36. The van der Waals surface area contributed by atoms with Gasteiger partial charge in [0.15, 0.2) is 11.5 Å². The monoisotopic (exact) mass is 450 g/mol. The van der Waals surface area contributed by atoms with Gasteiger partial charge in [-0.05, 0) is 30.0 Å². The Morgan fingerprint density at radius 1 is 1.27 bits per heavy atom. The van der Waals surface area contributed by atoms with Gasteiger partial charge in [-0.1, -0.05) is 23.7 Å². The van der Waals surface area contributed by atoms with Crippen molar-refractivity contribution in [3.8, 4) is 17.2 Å². The predicted octanol–water partition coefficient (Wildman–Crippen LogP) is 4.08. The van der Waals surface area contributed by atoms with Gasteiger partial charge in [0.2, 0.25) is 0 Å². The van der Waals surface area contributed by atoms with Gasteiger partial charge in [-0.15, -0.1) is 0 Å². The largest absolute Gasteiger partial charge is 0.504 e. The number of para-hydroxylation sites is 1. The van der Waals surface area contributed by atoms with E-state index in [0.717, 1.165) is 17.0 Å². The van der Waals surface area contributed by atoms with E-state index in [9.17, 15) is 24.8 Å². The number of amides is 2. The van der Waals surface area contributed by atoms with Crippen molar-refractivity contribution >= 4 is 46.3 Å². The van der Waals surface area contributed by atoms with Crippen LogP contribution in [0.2, 0.25) is 5.02 Å². The Morgan fingerprint density at radius 3 is 2.67 bits per heavy atom. The zero-order chi connectivity index (χ0) is 21.8. The number of phenolic OH excluding ortho intramolecular Hbond substituents is 1. The van der Waals surface area contributed by atoms with Crippen molar-refractivity contribution in [2.24, 2.45) is 0 Å². The summed E-state index contributed by atoms with van der Waals surface area (Å²) < 4.78 is 10.4. The van der Waals surface area contributed by atoms with E-state index >= 15 is 0 Å². The number of imide groups is 1. The van der Waals surface area contributed by atoms with Gasteiger partial charge in [-0.25, -0.2) is 0 Å². The number of nitro groups is 1. The summed E-state index contributed by atoms with van der Waals surface area (Å²) in [5, 5.41) is 21.2. The Morgan fingerprint density at radius 2 is 2.00 bits per heavy atom. The van der Waals surface area contributed by atoms with Gasteiger partial charge in [0.05, 0.1) is 34.6 Å². The Labute approximate surface area is 180 Å². The zero-order valence-electron chi connectivity index (χ0n) is 15.5. The van der Waals surface area contributed by atoms with Gasteiger partial charge < -0.3 is 14.6 Å². The first-order valence-corrected chi connectivity index (χ1v) is 9.69. The van der Waals surface area contributed by atoms with Gasteiger partial charge in [-0.3, -0.25) is 24.6 Å². The van der Waals surface area contributed by atoms with Crippen LogP contribution < -0.4 is 9.47 Å². The molecule has 0 spiro atoms. The maximum Gasteiger partial charge on any atom is 0.293 e. The molecule has 9 nitrogen and oxygen atoms in total. The Hall–Kier alpha value is -3.24. The third-order valence-corrected chi connectivity index (χ3v) is 5.31. The molecule has 1 aliphatic heterocycles. The number of non-ortho nitro benzene ring substituents is 1. The number of carbonyl (C=O) groups excluding carboxylic acids is 2. The fraction of sp³-hybridized carbons (Fsp3) is 0.158. The summed E-state index contributed by atoms with van der Waals surface area (Å²) in [5.41, 5.74) is -0.345. The molecule has 11 heteroatoms. The molecule has 0 aromatic heterocycles. The van der Waals surface area contributed by atoms with Crippen molar-refractivity contribution in [2.45, 2.75) is 0 Å². The quantitative estimate of drug-likeness (QED) is 0.380. The minimum Gasteiger partial charge on any atom is -0.504 e. The van der Waals surface area contributed by atoms with Crippen molar-refractivity contribution in [3.63, 3.8) is 0 Å². The summed E-state index contributed by atoms with van der Waals surface area (Å²) in [7, 11) is 1.25. The molecule has 2 aromatic rings. The third-order valence-electron chi connectivity index (χ3n) is 4.09.